The Morgan fingerprint density at radius 3 is 2.64 bits per heavy atom. The maximum atomic E-state index is 12.8. The van der Waals surface area contributed by atoms with E-state index in [0.717, 1.165) is 11.3 Å². The molecule has 0 aliphatic carbocycles. The van der Waals surface area contributed by atoms with Crippen LogP contribution in [0.4, 0.5) is 0 Å². The first-order valence-electron chi connectivity index (χ1n) is 8.63. The van der Waals surface area contributed by atoms with E-state index < -0.39 is 5.97 Å². The SMILES string of the molecule is CCOC(=O)c1n[nH]c2c1CN(C(=O)c1ccc(C(C)C)cc1)CC2. The normalized spacial score (nSPS) is 13.7. The van der Waals surface area contributed by atoms with Crippen LogP contribution in [0.5, 0.6) is 0 Å². The molecule has 2 aromatic rings. The molecule has 6 nitrogen and oxygen atoms in total. The van der Waals surface area contributed by atoms with Crippen molar-refractivity contribution in [1.82, 2.24) is 15.1 Å². The Kier molecular flexibility index (Phi) is 4.88. The summed E-state index contributed by atoms with van der Waals surface area (Å²) in [5, 5.41) is 6.97. The molecule has 2 heterocycles. The largest absolute Gasteiger partial charge is 0.461 e. The second-order valence-electron chi connectivity index (χ2n) is 6.50. The molecule has 0 saturated carbocycles. The number of ether oxygens (including phenoxy) is 1. The smallest absolute Gasteiger partial charge is 0.359 e. The molecule has 1 aromatic heterocycles. The molecule has 0 unspecified atom stereocenters. The Hall–Kier alpha value is -2.63. The zero-order valence-corrected chi connectivity index (χ0v) is 14.8. The van der Waals surface area contributed by atoms with Crippen LogP contribution in [-0.2, 0) is 17.7 Å². The first-order chi connectivity index (χ1) is 12.0. The molecule has 25 heavy (non-hydrogen) atoms. The summed E-state index contributed by atoms with van der Waals surface area (Å²) in [6.07, 6.45) is 0.650. The average molecular weight is 341 g/mol. The van der Waals surface area contributed by atoms with Gasteiger partial charge in [0.05, 0.1) is 13.2 Å². The zero-order chi connectivity index (χ0) is 18.0. The molecular formula is C19H23N3O3. The molecule has 1 aliphatic rings. The third-order valence-electron chi connectivity index (χ3n) is 4.51. The van der Waals surface area contributed by atoms with E-state index >= 15 is 0 Å². The fourth-order valence-corrected chi connectivity index (χ4v) is 3.03. The number of amides is 1. The monoisotopic (exact) mass is 341 g/mol. The maximum absolute atomic E-state index is 12.8. The fraction of sp³-hybridized carbons (Fsp3) is 0.421. The number of fused-ring (bicyclic) bond motifs is 1. The number of esters is 1. The number of aromatic amines is 1. The average Bonchev–Trinajstić information content (AvgIpc) is 3.04. The molecule has 1 N–H and O–H groups in total. The molecule has 0 bridgehead atoms. The van der Waals surface area contributed by atoms with Crippen molar-refractivity contribution in [3.8, 4) is 0 Å². The minimum Gasteiger partial charge on any atom is -0.461 e. The lowest BCUT2D eigenvalue weighted by Gasteiger charge is -2.27. The molecule has 0 saturated heterocycles. The lowest BCUT2D eigenvalue weighted by Crippen LogP contribution is -2.36. The molecule has 0 radical (unpaired) electrons. The van der Waals surface area contributed by atoms with Gasteiger partial charge in [-0.2, -0.15) is 5.10 Å². The van der Waals surface area contributed by atoms with Gasteiger partial charge in [-0.3, -0.25) is 9.89 Å². The molecule has 1 aliphatic heterocycles. The molecular weight excluding hydrogens is 318 g/mol. The second kappa shape index (κ2) is 7.09. The number of aromatic nitrogens is 2. The van der Waals surface area contributed by atoms with Crippen molar-refractivity contribution in [1.29, 1.82) is 0 Å². The second-order valence-corrected chi connectivity index (χ2v) is 6.50. The standard InChI is InChI=1S/C19H23N3O3/c1-4-25-19(24)17-15-11-22(10-9-16(15)20-21-17)18(23)14-7-5-13(6-8-14)12(2)3/h5-8,12H,4,9-11H2,1-3H3,(H,20,21). The number of carbonyl (C=O) groups excluding carboxylic acids is 2. The number of H-pyrrole nitrogens is 1. The van der Waals surface area contributed by atoms with Crippen molar-refractivity contribution in [3.05, 3.63) is 52.3 Å². The predicted molar refractivity (Wildman–Crippen MR) is 93.5 cm³/mol. The van der Waals surface area contributed by atoms with Gasteiger partial charge in [0.15, 0.2) is 5.69 Å². The number of hydrogen-bond acceptors (Lipinski definition) is 4. The minimum atomic E-state index is -0.449. The third-order valence-corrected chi connectivity index (χ3v) is 4.51. The van der Waals surface area contributed by atoms with Crippen LogP contribution in [0.3, 0.4) is 0 Å². The highest BCUT2D eigenvalue weighted by Gasteiger charge is 2.28. The van der Waals surface area contributed by atoms with Crippen molar-refractivity contribution in [2.45, 2.75) is 39.7 Å². The quantitative estimate of drug-likeness (QED) is 0.868. The van der Waals surface area contributed by atoms with Crippen molar-refractivity contribution < 1.29 is 14.3 Å². The van der Waals surface area contributed by atoms with Crippen LogP contribution in [0.15, 0.2) is 24.3 Å². The molecule has 6 heteroatoms. The molecule has 1 amide bonds. The van der Waals surface area contributed by atoms with Gasteiger partial charge in [0.2, 0.25) is 0 Å². The van der Waals surface area contributed by atoms with E-state index in [0.29, 0.717) is 37.6 Å². The lowest BCUT2D eigenvalue weighted by atomic mass is 10.0. The van der Waals surface area contributed by atoms with Gasteiger partial charge >= 0.3 is 5.97 Å². The molecule has 132 valence electrons. The van der Waals surface area contributed by atoms with Gasteiger partial charge in [-0.25, -0.2) is 4.79 Å². The summed E-state index contributed by atoms with van der Waals surface area (Å²) in [4.78, 5) is 26.6. The fourth-order valence-electron chi connectivity index (χ4n) is 3.03. The van der Waals surface area contributed by atoms with E-state index in [9.17, 15) is 9.59 Å². The van der Waals surface area contributed by atoms with Gasteiger partial charge in [-0.15, -0.1) is 0 Å². The van der Waals surface area contributed by atoms with Crippen LogP contribution in [0, 0.1) is 0 Å². The highest BCUT2D eigenvalue weighted by molar-refractivity contribution is 5.95. The first kappa shape index (κ1) is 17.2. The summed E-state index contributed by atoms with van der Waals surface area (Å²) < 4.78 is 5.04. The van der Waals surface area contributed by atoms with Crippen LogP contribution in [-0.4, -0.2) is 40.1 Å². The van der Waals surface area contributed by atoms with Gasteiger partial charge < -0.3 is 9.64 Å². The Morgan fingerprint density at radius 2 is 2.00 bits per heavy atom. The van der Waals surface area contributed by atoms with Gasteiger partial charge in [-0.1, -0.05) is 26.0 Å². The molecule has 0 atom stereocenters. The number of hydrogen-bond donors (Lipinski definition) is 1. The Labute approximate surface area is 147 Å². The Bertz CT molecular complexity index is 778. The van der Waals surface area contributed by atoms with E-state index in [1.54, 1.807) is 11.8 Å². The number of rotatable bonds is 4. The summed E-state index contributed by atoms with van der Waals surface area (Å²) in [5.41, 5.74) is 3.81. The van der Waals surface area contributed by atoms with Gasteiger partial charge in [-0.05, 0) is 30.5 Å². The maximum Gasteiger partial charge on any atom is 0.359 e. The number of nitrogens with zero attached hydrogens (tertiary/aromatic N) is 2. The van der Waals surface area contributed by atoms with Crippen molar-refractivity contribution in [3.63, 3.8) is 0 Å². The van der Waals surface area contributed by atoms with Crippen LogP contribution in [0.25, 0.3) is 0 Å². The van der Waals surface area contributed by atoms with Crippen LogP contribution in [0.2, 0.25) is 0 Å². The van der Waals surface area contributed by atoms with Crippen molar-refractivity contribution in [2.24, 2.45) is 0 Å². The van der Waals surface area contributed by atoms with E-state index in [4.69, 9.17) is 4.74 Å². The minimum absolute atomic E-state index is 0.0306. The summed E-state index contributed by atoms with van der Waals surface area (Å²) >= 11 is 0. The van der Waals surface area contributed by atoms with Crippen molar-refractivity contribution in [2.75, 3.05) is 13.2 Å². The molecule has 1 aromatic carbocycles. The lowest BCUT2D eigenvalue weighted by molar-refractivity contribution is 0.0513. The highest BCUT2D eigenvalue weighted by atomic mass is 16.5. The summed E-state index contributed by atoms with van der Waals surface area (Å²) in [7, 11) is 0. The topological polar surface area (TPSA) is 75.3 Å². The van der Waals surface area contributed by atoms with Crippen LogP contribution >= 0.6 is 0 Å². The van der Waals surface area contributed by atoms with E-state index in [2.05, 4.69) is 24.0 Å². The Morgan fingerprint density at radius 1 is 1.28 bits per heavy atom. The van der Waals surface area contributed by atoms with Crippen molar-refractivity contribution >= 4 is 11.9 Å². The van der Waals surface area contributed by atoms with Gasteiger partial charge in [0.1, 0.15) is 0 Å². The van der Waals surface area contributed by atoms with Gasteiger partial charge in [0.25, 0.3) is 5.91 Å². The number of carbonyl (C=O) groups is 2. The molecule has 0 fully saturated rings. The van der Waals surface area contributed by atoms with Crippen LogP contribution < -0.4 is 0 Å². The third kappa shape index (κ3) is 3.43. The summed E-state index contributed by atoms with van der Waals surface area (Å²) in [6.45, 7) is 7.27. The van der Waals surface area contributed by atoms with E-state index in [-0.39, 0.29) is 11.6 Å². The van der Waals surface area contributed by atoms with Gasteiger partial charge in [0, 0.05) is 29.8 Å². The summed E-state index contributed by atoms with van der Waals surface area (Å²) in [5.74, 6) is -0.0488. The predicted octanol–water partition coefficient (Wildman–Crippen LogP) is 2.91. The molecule has 0 spiro atoms. The van der Waals surface area contributed by atoms with E-state index in [1.807, 2.05) is 24.3 Å². The number of benzene rings is 1. The molecule has 3 rings (SSSR count). The number of nitrogens with one attached hydrogen (secondary N) is 1. The van der Waals surface area contributed by atoms with Crippen LogP contribution in [0.1, 0.15) is 64.4 Å². The summed E-state index contributed by atoms with van der Waals surface area (Å²) in [6, 6.07) is 7.73. The zero-order valence-electron chi connectivity index (χ0n) is 14.8. The first-order valence-corrected chi connectivity index (χ1v) is 8.63. The Balaban J connectivity index is 1.78. The highest BCUT2D eigenvalue weighted by Crippen LogP contribution is 2.23. The van der Waals surface area contributed by atoms with E-state index in [1.165, 1.54) is 5.56 Å².